The van der Waals surface area contributed by atoms with E-state index in [4.69, 9.17) is 14.2 Å². The van der Waals surface area contributed by atoms with Crippen molar-refractivity contribution in [1.82, 2.24) is 36.1 Å². The van der Waals surface area contributed by atoms with Gasteiger partial charge >= 0.3 is 5.97 Å². The monoisotopic (exact) mass is 1030 g/mol. The van der Waals surface area contributed by atoms with Crippen LogP contribution in [0, 0.1) is 23.7 Å². The summed E-state index contributed by atoms with van der Waals surface area (Å²) in [5.74, 6) is -3.13. The molecule has 6 amide bonds. The number of carbonyl (C=O) groups is 7. The molecule has 1 heterocycles. The van der Waals surface area contributed by atoms with Gasteiger partial charge in [0.15, 0.2) is 0 Å². The average molecular weight is 1040 g/mol. The van der Waals surface area contributed by atoms with E-state index in [0.29, 0.717) is 49.1 Å². The molecule has 0 saturated carbocycles. The van der Waals surface area contributed by atoms with Crippen LogP contribution in [-0.2, 0) is 43.0 Å². The predicted octanol–water partition coefficient (Wildman–Crippen LogP) is 6.13. The number of amides is 6. The lowest BCUT2D eigenvalue weighted by atomic mass is 9.89. The fourth-order valence-electron chi connectivity index (χ4n) is 9.68. The molecule has 10 atom stereocenters. The second kappa shape index (κ2) is 31.2. The first-order valence-electron chi connectivity index (χ1n) is 25.9. The number of rotatable bonds is 28. The fraction of sp³-hybridized carbons (Fsp3) is 0.643. The van der Waals surface area contributed by atoms with Gasteiger partial charge in [-0.3, -0.25) is 33.7 Å². The Morgan fingerprint density at radius 2 is 1.42 bits per heavy atom. The molecule has 414 valence electrons. The Hall–Kier alpha value is -5.72. The lowest BCUT2D eigenvalue weighted by molar-refractivity contribution is -0.148. The summed E-state index contributed by atoms with van der Waals surface area (Å²) in [5.41, 5.74) is 4.58. The number of ether oxygens (including phenoxy) is 3. The number of hydrogen-bond donors (Lipinski definition) is 4. The van der Waals surface area contributed by atoms with Gasteiger partial charge in [-0.1, -0.05) is 112 Å². The van der Waals surface area contributed by atoms with Gasteiger partial charge in [-0.05, 0) is 81.8 Å². The van der Waals surface area contributed by atoms with E-state index in [1.807, 2.05) is 90.9 Å². The third-order valence-electron chi connectivity index (χ3n) is 14.0. The van der Waals surface area contributed by atoms with Crippen molar-refractivity contribution in [3.8, 4) is 0 Å². The van der Waals surface area contributed by atoms with Gasteiger partial charge in [0.1, 0.15) is 12.1 Å². The highest BCUT2D eigenvalue weighted by Gasteiger charge is 2.43. The molecule has 2 aromatic carbocycles. The number of hydrogen-bond acceptors (Lipinski definition) is 12. The Bertz CT molecular complexity index is 2140. The summed E-state index contributed by atoms with van der Waals surface area (Å²) in [7, 11) is 8.49. The first-order valence-corrected chi connectivity index (χ1v) is 25.9. The van der Waals surface area contributed by atoms with E-state index in [1.165, 1.54) is 7.11 Å². The van der Waals surface area contributed by atoms with Crippen LogP contribution in [0.1, 0.15) is 143 Å². The molecular weight excluding hydrogens is 945 g/mol. The minimum atomic E-state index is -0.882. The molecule has 0 radical (unpaired) electrons. The summed E-state index contributed by atoms with van der Waals surface area (Å²) >= 11 is 0. The summed E-state index contributed by atoms with van der Waals surface area (Å²) in [6.45, 7) is 19.4. The van der Waals surface area contributed by atoms with Crippen LogP contribution in [0.3, 0.4) is 0 Å². The van der Waals surface area contributed by atoms with Gasteiger partial charge < -0.3 is 40.0 Å². The number of esters is 1. The second-order valence-corrected chi connectivity index (χ2v) is 20.3. The normalized spacial score (nSPS) is 17.4. The van der Waals surface area contributed by atoms with Gasteiger partial charge in [-0.25, -0.2) is 10.2 Å². The van der Waals surface area contributed by atoms with Crippen molar-refractivity contribution in [1.29, 1.82) is 0 Å². The molecule has 18 heteroatoms. The summed E-state index contributed by atoms with van der Waals surface area (Å²) in [6, 6.07) is 12.8. The SMILES string of the molecule is C.CCC(=O)NCCC(=O)N/N=C(\C)c1ccc(C(=O)O[C@@H](c2ccccc2)[C@@H](C)NC(=O)[C@H](C)[C@@H](OC)[C@@H]2CCCN2C(=O)C[C@@H](OC)[C@H]([C@@H](C)CC)N(C)C(=O)[C@@H](NC(=O)[C@H](C(C)C)N(C)C)C(C)C)cc1. The number of methoxy groups -OCH3 is 2. The zero-order valence-electron chi connectivity index (χ0n) is 46.2. The average Bonchev–Trinajstić information content (AvgIpc) is 3.85. The molecule has 4 N–H and O–H groups in total. The topological polar surface area (TPSA) is 217 Å². The van der Waals surface area contributed by atoms with Crippen LogP contribution in [-0.4, -0.2) is 153 Å². The number of nitrogens with zero attached hydrogens (tertiary/aromatic N) is 4. The van der Waals surface area contributed by atoms with Crippen LogP contribution in [0.4, 0.5) is 0 Å². The van der Waals surface area contributed by atoms with Crippen molar-refractivity contribution in [2.24, 2.45) is 28.8 Å². The van der Waals surface area contributed by atoms with Crippen molar-refractivity contribution in [2.75, 3.05) is 48.5 Å². The highest BCUT2D eigenvalue weighted by Crippen LogP contribution is 2.31. The lowest BCUT2D eigenvalue weighted by Crippen LogP contribution is -2.59. The third kappa shape index (κ3) is 18.0. The maximum absolute atomic E-state index is 14.5. The van der Waals surface area contributed by atoms with Gasteiger partial charge in [0.2, 0.25) is 35.4 Å². The summed E-state index contributed by atoms with van der Waals surface area (Å²) in [6.07, 6.45) is 0.130. The second-order valence-electron chi connectivity index (χ2n) is 20.3. The van der Waals surface area contributed by atoms with Crippen molar-refractivity contribution in [3.05, 3.63) is 71.3 Å². The van der Waals surface area contributed by atoms with Gasteiger partial charge in [0, 0.05) is 47.2 Å². The molecule has 74 heavy (non-hydrogen) atoms. The highest BCUT2D eigenvalue weighted by molar-refractivity contribution is 6.00. The van der Waals surface area contributed by atoms with Crippen LogP contribution in [0.25, 0.3) is 0 Å². The lowest BCUT2D eigenvalue weighted by Gasteiger charge is -2.41. The molecule has 2 aromatic rings. The standard InChI is InChI=1S/C55H86N8O10.CH4/c1-16-35(7)49(62(13)54(69)47(33(3)4)58-53(68)48(34(5)6)61(11)12)43(71-14)32-46(66)63-31-21-24-42(63)50(72-15)36(8)52(67)57-38(10)51(40-22-19-18-20-23-40)73-55(70)41-27-25-39(26-28-41)37(9)59-60-45(65)29-30-56-44(64)17-2;/h18-20,22-23,25-28,33-36,38,42-43,47-51H,16-17,21,24,29-32H2,1-15H3,(H,56,64)(H,57,67)(H,58,68)(H,60,65);1H4/b59-37+;/t35-,36+,38+,42-,43+,47-,48-,49-,50+,51+;/m0./s1. The van der Waals surface area contributed by atoms with Crippen LogP contribution in [0.15, 0.2) is 59.7 Å². The maximum atomic E-state index is 14.5. The summed E-state index contributed by atoms with van der Waals surface area (Å²) in [5, 5.41) is 12.9. The molecule has 3 rings (SSSR count). The van der Waals surface area contributed by atoms with E-state index >= 15 is 0 Å². The molecule has 18 nitrogen and oxygen atoms in total. The predicted molar refractivity (Wildman–Crippen MR) is 289 cm³/mol. The maximum Gasteiger partial charge on any atom is 0.338 e. The number of carbonyl (C=O) groups excluding carboxylic acids is 7. The summed E-state index contributed by atoms with van der Waals surface area (Å²) in [4.78, 5) is 99.3. The molecule has 1 aliphatic heterocycles. The van der Waals surface area contributed by atoms with Crippen molar-refractivity contribution in [3.63, 3.8) is 0 Å². The Kier molecular flexibility index (Phi) is 27.2. The van der Waals surface area contributed by atoms with Crippen LogP contribution in [0.5, 0.6) is 0 Å². The van der Waals surface area contributed by atoms with E-state index in [-0.39, 0.29) is 85.6 Å². The zero-order valence-corrected chi connectivity index (χ0v) is 46.2. The van der Waals surface area contributed by atoms with Crippen LogP contribution >= 0.6 is 0 Å². The number of likely N-dealkylation sites (N-methyl/N-ethyl adjacent to an activating group) is 2. The molecule has 0 aliphatic carbocycles. The quantitative estimate of drug-likeness (QED) is 0.0432. The highest BCUT2D eigenvalue weighted by atomic mass is 16.5. The van der Waals surface area contributed by atoms with Crippen LogP contribution in [0.2, 0.25) is 0 Å². The van der Waals surface area contributed by atoms with Crippen LogP contribution < -0.4 is 21.4 Å². The minimum absolute atomic E-state index is 0. The molecule has 1 saturated heterocycles. The molecular formula is C56H90N8O10. The number of benzene rings is 2. The van der Waals surface area contributed by atoms with E-state index in [2.05, 4.69) is 26.5 Å². The van der Waals surface area contributed by atoms with E-state index in [9.17, 15) is 33.6 Å². The largest absolute Gasteiger partial charge is 0.452 e. The van der Waals surface area contributed by atoms with Gasteiger partial charge in [-0.2, -0.15) is 5.10 Å². The Labute approximate surface area is 441 Å². The number of likely N-dealkylation sites (tertiary alicyclic amines) is 1. The number of nitrogens with one attached hydrogen (secondary N) is 4. The van der Waals surface area contributed by atoms with Gasteiger partial charge in [0.05, 0.1) is 60.0 Å². The smallest absolute Gasteiger partial charge is 0.338 e. The Morgan fingerprint density at radius 3 is 1.96 bits per heavy atom. The van der Waals surface area contributed by atoms with E-state index < -0.39 is 60.4 Å². The van der Waals surface area contributed by atoms with Crippen molar-refractivity contribution in [2.45, 2.75) is 164 Å². The number of hydrazone groups is 1. The van der Waals surface area contributed by atoms with E-state index in [0.717, 1.165) is 0 Å². The minimum Gasteiger partial charge on any atom is -0.452 e. The molecule has 0 spiro atoms. The fourth-order valence-corrected chi connectivity index (χ4v) is 9.68. The first-order chi connectivity index (χ1) is 34.5. The Balaban J connectivity index is 0.0000187. The summed E-state index contributed by atoms with van der Waals surface area (Å²) < 4.78 is 18.3. The van der Waals surface area contributed by atoms with E-state index in [1.54, 1.807) is 75.9 Å². The molecule has 0 aromatic heterocycles. The zero-order chi connectivity index (χ0) is 54.7. The van der Waals surface area contributed by atoms with Gasteiger partial charge in [-0.15, -0.1) is 0 Å². The molecule has 1 aliphatic rings. The molecule has 1 fully saturated rings. The molecule has 0 unspecified atom stereocenters. The first kappa shape index (κ1) is 64.4. The third-order valence-corrected chi connectivity index (χ3v) is 14.0. The molecule has 0 bridgehead atoms. The van der Waals surface area contributed by atoms with Crippen molar-refractivity contribution < 1.29 is 47.8 Å². The van der Waals surface area contributed by atoms with Gasteiger partial charge in [0.25, 0.3) is 0 Å². The Morgan fingerprint density at radius 1 is 0.797 bits per heavy atom. The van der Waals surface area contributed by atoms with Crippen molar-refractivity contribution >= 4 is 47.1 Å².